The van der Waals surface area contributed by atoms with Crippen LogP contribution in [0.25, 0.3) is 11.3 Å². The number of nitrogens with two attached hydrogens (primary N) is 1. The van der Waals surface area contributed by atoms with E-state index in [1.165, 1.54) is 12.1 Å². The number of aromatic nitrogens is 2. The number of anilines is 1. The van der Waals surface area contributed by atoms with Gasteiger partial charge in [-0.2, -0.15) is 5.10 Å². The standard InChI is InChI=1S/C13H15FIN3/c1-7(2)5-10-12(17-18-13(10)16)9-4-3-8(14)6-11(9)15/h3-4,6-7H,5H2,1-2H3,(H3,16,17,18). The molecule has 5 heteroatoms. The van der Waals surface area contributed by atoms with E-state index >= 15 is 0 Å². The van der Waals surface area contributed by atoms with E-state index in [9.17, 15) is 4.39 Å². The number of rotatable bonds is 3. The topological polar surface area (TPSA) is 54.7 Å². The summed E-state index contributed by atoms with van der Waals surface area (Å²) < 4.78 is 14.0. The van der Waals surface area contributed by atoms with Crippen LogP contribution in [-0.2, 0) is 6.42 Å². The van der Waals surface area contributed by atoms with Gasteiger partial charge in [-0.15, -0.1) is 0 Å². The number of halogens is 2. The quantitative estimate of drug-likeness (QED) is 0.823. The Balaban J connectivity index is 2.50. The molecule has 0 aliphatic heterocycles. The zero-order chi connectivity index (χ0) is 13.3. The minimum atomic E-state index is -0.235. The SMILES string of the molecule is CC(C)Cc1c(N)n[nH]c1-c1ccc(F)cc1I. The Hall–Kier alpha value is -1.11. The summed E-state index contributed by atoms with van der Waals surface area (Å²) in [7, 11) is 0. The molecule has 96 valence electrons. The Bertz CT molecular complexity index is 563. The molecule has 2 aromatic rings. The largest absolute Gasteiger partial charge is 0.382 e. The maximum absolute atomic E-state index is 13.1. The molecule has 0 unspecified atom stereocenters. The number of aromatic amines is 1. The number of H-pyrrole nitrogens is 1. The van der Waals surface area contributed by atoms with Crippen molar-refractivity contribution in [3.8, 4) is 11.3 Å². The molecule has 1 aromatic carbocycles. The summed E-state index contributed by atoms with van der Waals surface area (Å²) in [5.74, 6) is 0.779. The van der Waals surface area contributed by atoms with Gasteiger partial charge in [0.15, 0.2) is 0 Å². The molecule has 3 N–H and O–H groups in total. The fourth-order valence-corrected chi connectivity index (χ4v) is 2.66. The Labute approximate surface area is 119 Å². The second-order valence-corrected chi connectivity index (χ2v) is 5.85. The molecule has 0 aliphatic rings. The van der Waals surface area contributed by atoms with Crippen LogP contribution in [0.1, 0.15) is 19.4 Å². The van der Waals surface area contributed by atoms with Crippen LogP contribution >= 0.6 is 22.6 Å². The van der Waals surface area contributed by atoms with E-state index in [4.69, 9.17) is 5.73 Å². The number of nitrogens with one attached hydrogen (secondary N) is 1. The molecule has 0 aliphatic carbocycles. The van der Waals surface area contributed by atoms with E-state index in [0.717, 1.165) is 26.8 Å². The molecule has 1 aromatic heterocycles. The van der Waals surface area contributed by atoms with Gasteiger partial charge in [0, 0.05) is 14.7 Å². The third kappa shape index (κ3) is 2.66. The highest BCUT2D eigenvalue weighted by molar-refractivity contribution is 14.1. The number of nitrogens with zero attached hydrogens (tertiary/aromatic N) is 1. The molecule has 0 bridgehead atoms. The summed E-state index contributed by atoms with van der Waals surface area (Å²) in [6.07, 6.45) is 0.852. The van der Waals surface area contributed by atoms with Gasteiger partial charge in [-0.1, -0.05) is 13.8 Å². The van der Waals surface area contributed by atoms with Gasteiger partial charge in [0.1, 0.15) is 11.6 Å². The van der Waals surface area contributed by atoms with Crippen LogP contribution in [0.4, 0.5) is 10.2 Å². The minimum absolute atomic E-state index is 0.235. The zero-order valence-corrected chi connectivity index (χ0v) is 12.5. The van der Waals surface area contributed by atoms with Crippen LogP contribution in [0.15, 0.2) is 18.2 Å². The maximum atomic E-state index is 13.1. The van der Waals surface area contributed by atoms with Gasteiger partial charge in [-0.05, 0) is 53.1 Å². The van der Waals surface area contributed by atoms with Crippen LogP contribution in [0.5, 0.6) is 0 Å². The molecule has 0 amide bonds. The van der Waals surface area contributed by atoms with E-state index in [-0.39, 0.29) is 5.82 Å². The highest BCUT2D eigenvalue weighted by atomic mass is 127. The average Bonchev–Trinajstić information content (AvgIpc) is 2.60. The van der Waals surface area contributed by atoms with Gasteiger partial charge in [-0.25, -0.2) is 4.39 Å². The van der Waals surface area contributed by atoms with E-state index in [1.807, 2.05) is 0 Å². The lowest BCUT2D eigenvalue weighted by molar-refractivity contribution is 0.627. The van der Waals surface area contributed by atoms with Crippen molar-refractivity contribution in [2.24, 2.45) is 5.92 Å². The number of hydrogen-bond donors (Lipinski definition) is 2. The first-order valence-electron chi connectivity index (χ1n) is 5.77. The molecule has 3 nitrogen and oxygen atoms in total. The normalized spacial score (nSPS) is 11.2. The summed E-state index contributed by atoms with van der Waals surface area (Å²) in [6, 6.07) is 4.72. The summed E-state index contributed by atoms with van der Waals surface area (Å²) in [5.41, 5.74) is 8.73. The predicted octanol–water partition coefficient (Wildman–Crippen LogP) is 3.60. The molecule has 0 saturated heterocycles. The van der Waals surface area contributed by atoms with Gasteiger partial charge in [0.2, 0.25) is 0 Å². The second-order valence-electron chi connectivity index (χ2n) is 4.68. The fraction of sp³-hybridized carbons (Fsp3) is 0.308. The lowest BCUT2D eigenvalue weighted by Crippen LogP contribution is -1.99. The van der Waals surface area contributed by atoms with Crippen molar-refractivity contribution in [1.82, 2.24) is 10.2 Å². The molecule has 1 heterocycles. The zero-order valence-electron chi connectivity index (χ0n) is 10.3. The van der Waals surface area contributed by atoms with Crippen molar-refractivity contribution >= 4 is 28.4 Å². The maximum Gasteiger partial charge on any atom is 0.149 e. The first-order valence-corrected chi connectivity index (χ1v) is 6.85. The molecular weight excluding hydrogens is 344 g/mol. The van der Waals surface area contributed by atoms with E-state index < -0.39 is 0 Å². The van der Waals surface area contributed by atoms with Gasteiger partial charge >= 0.3 is 0 Å². The van der Waals surface area contributed by atoms with Gasteiger partial charge in [0.05, 0.1) is 5.69 Å². The molecular formula is C13H15FIN3. The van der Waals surface area contributed by atoms with Gasteiger partial charge in [0.25, 0.3) is 0 Å². The molecule has 2 rings (SSSR count). The predicted molar refractivity (Wildman–Crippen MR) is 79.7 cm³/mol. The summed E-state index contributed by atoms with van der Waals surface area (Å²) in [4.78, 5) is 0. The molecule has 18 heavy (non-hydrogen) atoms. The Morgan fingerprint density at radius 2 is 2.17 bits per heavy atom. The first kappa shape index (κ1) is 13.3. The second kappa shape index (κ2) is 5.26. The Morgan fingerprint density at radius 1 is 1.44 bits per heavy atom. The first-order chi connectivity index (χ1) is 8.49. The lowest BCUT2D eigenvalue weighted by atomic mass is 9.99. The van der Waals surface area contributed by atoms with E-state index in [1.54, 1.807) is 6.07 Å². The fourth-order valence-electron chi connectivity index (χ4n) is 1.91. The molecule has 0 radical (unpaired) electrons. The third-order valence-corrected chi connectivity index (χ3v) is 3.60. The third-order valence-electron chi connectivity index (χ3n) is 2.71. The van der Waals surface area contributed by atoms with Crippen LogP contribution in [0.2, 0.25) is 0 Å². The smallest absolute Gasteiger partial charge is 0.149 e. The van der Waals surface area contributed by atoms with Crippen LogP contribution in [0.3, 0.4) is 0 Å². The number of hydrogen-bond acceptors (Lipinski definition) is 2. The molecule has 0 spiro atoms. The van der Waals surface area contributed by atoms with Crippen LogP contribution in [-0.4, -0.2) is 10.2 Å². The van der Waals surface area contributed by atoms with Crippen LogP contribution in [0, 0.1) is 15.3 Å². The average molecular weight is 359 g/mol. The Morgan fingerprint density at radius 3 is 2.78 bits per heavy atom. The van der Waals surface area contributed by atoms with Crippen molar-refractivity contribution in [2.75, 3.05) is 5.73 Å². The highest BCUT2D eigenvalue weighted by Crippen LogP contribution is 2.31. The van der Waals surface area contributed by atoms with Crippen LogP contribution < -0.4 is 5.73 Å². The summed E-state index contributed by atoms with van der Waals surface area (Å²) >= 11 is 2.12. The van der Waals surface area contributed by atoms with Crippen molar-refractivity contribution in [1.29, 1.82) is 0 Å². The molecule has 0 saturated carbocycles. The van der Waals surface area contributed by atoms with E-state index in [2.05, 4.69) is 46.6 Å². The summed E-state index contributed by atoms with van der Waals surface area (Å²) in [5, 5.41) is 7.02. The number of benzene rings is 1. The van der Waals surface area contributed by atoms with Crippen molar-refractivity contribution < 1.29 is 4.39 Å². The Kier molecular flexibility index (Phi) is 3.89. The number of nitrogen functional groups attached to an aromatic ring is 1. The lowest BCUT2D eigenvalue weighted by Gasteiger charge is -2.08. The van der Waals surface area contributed by atoms with Gasteiger partial charge < -0.3 is 5.73 Å². The van der Waals surface area contributed by atoms with Crippen molar-refractivity contribution in [2.45, 2.75) is 20.3 Å². The van der Waals surface area contributed by atoms with Gasteiger partial charge in [-0.3, -0.25) is 5.10 Å². The van der Waals surface area contributed by atoms with E-state index in [0.29, 0.717) is 11.7 Å². The monoisotopic (exact) mass is 359 g/mol. The van der Waals surface area contributed by atoms with Crippen molar-refractivity contribution in [3.63, 3.8) is 0 Å². The molecule has 0 fully saturated rings. The van der Waals surface area contributed by atoms with Crippen molar-refractivity contribution in [3.05, 3.63) is 33.1 Å². The summed E-state index contributed by atoms with van der Waals surface area (Å²) in [6.45, 7) is 4.26. The highest BCUT2D eigenvalue weighted by Gasteiger charge is 2.16. The molecule has 0 atom stereocenters. The minimum Gasteiger partial charge on any atom is -0.382 e.